The third-order valence-electron chi connectivity index (χ3n) is 5.67. The molecule has 1 fully saturated rings. The lowest BCUT2D eigenvalue weighted by Gasteiger charge is -2.47. The predicted molar refractivity (Wildman–Crippen MR) is 136 cm³/mol. The Balaban J connectivity index is 1.52. The Kier molecular flexibility index (Phi) is 8.00. The number of carbonyl (C=O) groups excluding carboxylic acids is 1. The average molecular weight is 514 g/mol. The summed E-state index contributed by atoms with van der Waals surface area (Å²) in [4.78, 5) is 26.6. The second-order valence-corrected chi connectivity index (χ2v) is 9.98. The third-order valence-corrected chi connectivity index (χ3v) is 7.74. The summed E-state index contributed by atoms with van der Waals surface area (Å²) < 4.78 is 18.7. The van der Waals surface area contributed by atoms with Crippen molar-refractivity contribution in [3.63, 3.8) is 0 Å². The van der Waals surface area contributed by atoms with Crippen LogP contribution in [0.5, 0.6) is 5.75 Å². The fourth-order valence-corrected chi connectivity index (χ4v) is 5.57. The van der Waals surface area contributed by atoms with E-state index in [0.29, 0.717) is 17.2 Å². The Labute approximate surface area is 211 Å². The summed E-state index contributed by atoms with van der Waals surface area (Å²) in [5.74, 6) is -0.840. The maximum atomic E-state index is 13.5. The number of amides is 1. The molecule has 9 heteroatoms. The molecule has 1 saturated heterocycles. The van der Waals surface area contributed by atoms with Crippen LogP contribution in [-0.2, 0) is 9.59 Å². The zero-order valence-electron chi connectivity index (χ0n) is 18.8. The standard InChI is InChI=1S/C26H24FNO5S2/c1-34-21-12-4-16(5-13-21)22(29)15-35-25-24(17-2-10-20(11-3-17)33-14-23(30)31)28(26(25)32)19-8-6-18(27)7-9-19/h2-13,22,24-25,29H,14-15H2,1H3,(H,30,31). The number of carboxylic acid groups (broad SMARTS) is 1. The van der Waals surface area contributed by atoms with Gasteiger partial charge in [-0.15, -0.1) is 23.5 Å². The summed E-state index contributed by atoms with van der Waals surface area (Å²) >= 11 is 3.00. The molecule has 3 atom stereocenters. The maximum Gasteiger partial charge on any atom is 0.341 e. The smallest absolute Gasteiger partial charge is 0.341 e. The first kappa shape index (κ1) is 25.1. The van der Waals surface area contributed by atoms with Crippen LogP contribution < -0.4 is 9.64 Å². The molecular weight excluding hydrogens is 489 g/mol. The molecule has 6 nitrogen and oxygen atoms in total. The summed E-state index contributed by atoms with van der Waals surface area (Å²) in [6, 6.07) is 20.0. The van der Waals surface area contributed by atoms with Gasteiger partial charge in [-0.3, -0.25) is 4.79 Å². The zero-order valence-corrected chi connectivity index (χ0v) is 20.5. The van der Waals surface area contributed by atoms with Crippen molar-refractivity contribution in [2.45, 2.75) is 22.3 Å². The van der Waals surface area contributed by atoms with Crippen LogP contribution >= 0.6 is 23.5 Å². The van der Waals surface area contributed by atoms with E-state index in [1.807, 2.05) is 30.5 Å². The molecule has 2 N–H and O–H groups in total. The van der Waals surface area contributed by atoms with Crippen molar-refractivity contribution in [3.8, 4) is 5.75 Å². The Morgan fingerprint density at radius 3 is 2.31 bits per heavy atom. The molecule has 0 radical (unpaired) electrons. The minimum Gasteiger partial charge on any atom is -0.482 e. The van der Waals surface area contributed by atoms with E-state index >= 15 is 0 Å². The highest BCUT2D eigenvalue weighted by atomic mass is 32.2. The van der Waals surface area contributed by atoms with Crippen molar-refractivity contribution in [1.82, 2.24) is 0 Å². The summed E-state index contributed by atoms with van der Waals surface area (Å²) in [5.41, 5.74) is 2.19. The highest BCUT2D eigenvalue weighted by molar-refractivity contribution is 8.00. The molecule has 0 saturated carbocycles. The molecule has 0 bridgehead atoms. The van der Waals surface area contributed by atoms with Gasteiger partial charge in [0.1, 0.15) is 16.8 Å². The number of anilines is 1. The molecular formula is C26H24FNO5S2. The lowest BCUT2D eigenvalue weighted by atomic mass is 9.92. The Hall–Kier alpha value is -3.01. The minimum atomic E-state index is -1.07. The number of aliphatic hydroxyl groups excluding tert-OH is 1. The van der Waals surface area contributed by atoms with Gasteiger partial charge in [0, 0.05) is 16.3 Å². The lowest BCUT2D eigenvalue weighted by Crippen LogP contribution is -2.57. The van der Waals surface area contributed by atoms with Gasteiger partial charge in [0.25, 0.3) is 0 Å². The fraction of sp³-hybridized carbons (Fsp3) is 0.231. The van der Waals surface area contributed by atoms with Crippen LogP contribution in [-0.4, -0.2) is 46.0 Å². The van der Waals surface area contributed by atoms with E-state index in [1.54, 1.807) is 53.1 Å². The van der Waals surface area contributed by atoms with Gasteiger partial charge in [-0.05, 0) is 65.9 Å². The van der Waals surface area contributed by atoms with E-state index in [0.717, 1.165) is 16.0 Å². The molecule has 1 amide bonds. The first-order chi connectivity index (χ1) is 16.9. The highest BCUT2D eigenvalue weighted by Crippen LogP contribution is 2.46. The Bertz CT molecular complexity index is 1170. The van der Waals surface area contributed by atoms with Gasteiger partial charge < -0.3 is 19.8 Å². The van der Waals surface area contributed by atoms with E-state index in [2.05, 4.69) is 0 Å². The summed E-state index contributed by atoms with van der Waals surface area (Å²) in [6.07, 6.45) is 1.26. The normalized spacial score (nSPS) is 18.1. The van der Waals surface area contributed by atoms with Gasteiger partial charge >= 0.3 is 5.97 Å². The van der Waals surface area contributed by atoms with Gasteiger partial charge in [-0.2, -0.15) is 0 Å². The molecule has 3 aromatic carbocycles. The first-order valence-electron chi connectivity index (χ1n) is 10.8. The van der Waals surface area contributed by atoms with E-state index < -0.39 is 23.9 Å². The SMILES string of the molecule is CSc1ccc(C(O)CSC2C(=O)N(c3ccc(F)cc3)C2c2ccc(OCC(=O)O)cc2)cc1. The summed E-state index contributed by atoms with van der Waals surface area (Å²) in [6.45, 7) is -0.447. The topological polar surface area (TPSA) is 87.1 Å². The van der Waals surface area contributed by atoms with Crippen molar-refractivity contribution < 1.29 is 28.9 Å². The summed E-state index contributed by atoms with van der Waals surface area (Å²) in [7, 11) is 0. The molecule has 4 rings (SSSR count). The monoisotopic (exact) mass is 513 g/mol. The van der Waals surface area contributed by atoms with E-state index in [9.17, 15) is 19.1 Å². The van der Waals surface area contributed by atoms with Crippen molar-refractivity contribution in [1.29, 1.82) is 0 Å². The van der Waals surface area contributed by atoms with Gasteiger partial charge in [-0.1, -0.05) is 24.3 Å². The number of carbonyl (C=O) groups is 2. The quantitative estimate of drug-likeness (QED) is 0.294. The van der Waals surface area contributed by atoms with E-state index in [-0.39, 0.29) is 17.8 Å². The molecule has 1 heterocycles. The van der Waals surface area contributed by atoms with Crippen LogP contribution in [0.25, 0.3) is 0 Å². The molecule has 1 aliphatic rings. The largest absolute Gasteiger partial charge is 0.482 e. The molecule has 182 valence electrons. The third kappa shape index (κ3) is 5.80. The van der Waals surface area contributed by atoms with Crippen LogP contribution in [0.4, 0.5) is 10.1 Å². The van der Waals surface area contributed by atoms with Crippen LogP contribution in [0.2, 0.25) is 0 Å². The number of benzene rings is 3. The zero-order chi connectivity index (χ0) is 24.9. The van der Waals surface area contributed by atoms with Gasteiger partial charge in [-0.25, -0.2) is 9.18 Å². The predicted octanol–water partition coefficient (Wildman–Crippen LogP) is 4.93. The highest BCUT2D eigenvalue weighted by Gasteiger charge is 2.49. The molecule has 1 aliphatic heterocycles. The number of hydrogen-bond donors (Lipinski definition) is 2. The van der Waals surface area contributed by atoms with Crippen LogP contribution in [0.3, 0.4) is 0 Å². The van der Waals surface area contributed by atoms with Crippen LogP contribution in [0.1, 0.15) is 23.3 Å². The van der Waals surface area contributed by atoms with Crippen molar-refractivity contribution in [2.24, 2.45) is 0 Å². The maximum absolute atomic E-state index is 13.5. The minimum absolute atomic E-state index is 0.122. The van der Waals surface area contributed by atoms with E-state index in [1.165, 1.54) is 23.9 Å². The number of hydrogen-bond acceptors (Lipinski definition) is 6. The second-order valence-electron chi connectivity index (χ2n) is 7.92. The van der Waals surface area contributed by atoms with Gasteiger partial charge in [0.15, 0.2) is 6.61 Å². The molecule has 0 aliphatic carbocycles. The molecule has 3 unspecified atom stereocenters. The Morgan fingerprint density at radius 2 is 1.71 bits per heavy atom. The van der Waals surface area contributed by atoms with Crippen LogP contribution in [0, 0.1) is 5.82 Å². The Morgan fingerprint density at radius 1 is 1.06 bits per heavy atom. The van der Waals surface area contributed by atoms with Crippen molar-refractivity contribution in [2.75, 3.05) is 23.5 Å². The number of thioether (sulfide) groups is 2. The lowest BCUT2D eigenvalue weighted by molar-refractivity contribution is -0.139. The number of aliphatic hydroxyl groups is 1. The van der Waals surface area contributed by atoms with Crippen LogP contribution in [0.15, 0.2) is 77.7 Å². The van der Waals surface area contributed by atoms with E-state index in [4.69, 9.17) is 9.84 Å². The molecule has 3 aromatic rings. The number of ether oxygens (including phenoxy) is 1. The number of rotatable bonds is 10. The average Bonchev–Trinajstić information content (AvgIpc) is 2.87. The fourth-order valence-electron chi connectivity index (χ4n) is 3.86. The van der Waals surface area contributed by atoms with Crippen molar-refractivity contribution in [3.05, 3.63) is 89.7 Å². The number of nitrogens with zero attached hydrogens (tertiary/aromatic N) is 1. The number of halogens is 1. The molecule has 35 heavy (non-hydrogen) atoms. The van der Waals surface area contributed by atoms with Gasteiger partial charge in [0.05, 0.1) is 12.1 Å². The van der Waals surface area contributed by atoms with Gasteiger partial charge in [0.2, 0.25) is 5.91 Å². The van der Waals surface area contributed by atoms with Crippen molar-refractivity contribution >= 4 is 41.1 Å². The molecule has 0 aromatic heterocycles. The first-order valence-corrected chi connectivity index (χ1v) is 13.1. The molecule has 0 spiro atoms. The second kappa shape index (κ2) is 11.2. The number of aliphatic carboxylic acids is 1. The number of carboxylic acids is 1. The number of β-lactam (4-membered cyclic amide) rings is 1. The summed E-state index contributed by atoms with van der Waals surface area (Å²) in [5, 5.41) is 19.1.